The first-order valence-corrected chi connectivity index (χ1v) is 7.54. The van der Waals surface area contributed by atoms with Gasteiger partial charge < -0.3 is 15.3 Å². The molecule has 1 aliphatic rings. The Morgan fingerprint density at radius 2 is 2.11 bits per heavy atom. The Kier molecular flexibility index (Phi) is 7.34. The van der Waals surface area contributed by atoms with Gasteiger partial charge in [0.15, 0.2) is 0 Å². The number of hydrogen-bond acceptors (Lipinski definition) is 4. The number of likely N-dealkylation sites (tertiary alicyclic amines) is 1. The van der Waals surface area contributed by atoms with Crippen LogP contribution in [0.15, 0.2) is 0 Å². The van der Waals surface area contributed by atoms with Crippen LogP contribution in [0.25, 0.3) is 0 Å². The fourth-order valence-corrected chi connectivity index (χ4v) is 2.92. The van der Waals surface area contributed by atoms with Gasteiger partial charge in [-0.3, -0.25) is 9.69 Å². The highest BCUT2D eigenvalue weighted by molar-refractivity contribution is 5.73. The molecule has 1 heterocycles. The Morgan fingerprint density at radius 1 is 1.42 bits per heavy atom. The molecule has 19 heavy (non-hydrogen) atoms. The first kappa shape index (κ1) is 16.4. The van der Waals surface area contributed by atoms with E-state index >= 15 is 0 Å². The second-order valence-corrected chi connectivity index (χ2v) is 5.20. The Morgan fingerprint density at radius 3 is 2.63 bits per heavy atom. The predicted molar refractivity (Wildman–Crippen MR) is 77.5 cm³/mol. The van der Waals surface area contributed by atoms with Crippen LogP contribution >= 0.6 is 0 Å². The highest BCUT2D eigenvalue weighted by atomic mass is 16.4. The molecular formula is C14H29N3O2. The molecule has 0 radical (unpaired) electrons. The third-order valence-corrected chi connectivity index (χ3v) is 4.06. The molecule has 0 spiro atoms. The first-order chi connectivity index (χ1) is 9.12. The summed E-state index contributed by atoms with van der Waals surface area (Å²) < 4.78 is 0. The van der Waals surface area contributed by atoms with Gasteiger partial charge in [0.1, 0.15) is 6.04 Å². The van der Waals surface area contributed by atoms with Gasteiger partial charge in [0.25, 0.3) is 0 Å². The Labute approximate surface area is 117 Å². The molecule has 0 amide bonds. The van der Waals surface area contributed by atoms with E-state index in [2.05, 4.69) is 29.0 Å². The predicted octanol–water partition coefficient (Wildman–Crippen LogP) is 0.855. The fraction of sp³-hybridized carbons (Fsp3) is 0.929. The molecular weight excluding hydrogens is 242 g/mol. The zero-order chi connectivity index (χ0) is 14.3. The van der Waals surface area contributed by atoms with Crippen molar-refractivity contribution in [1.29, 1.82) is 0 Å². The average molecular weight is 271 g/mol. The van der Waals surface area contributed by atoms with Crippen LogP contribution in [0.5, 0.6) is 0 Å². The topological polar surface area (TPSA) is 55.8 Å². The summed E-state index contributed by atoms with van der Waals surface area (Å²) in [5.41, 5.74) is 0. The highest BCUT2D eigenvalue weighted by Gasteiger charge is 2.27. The molecule has 5 heteroatoms. The van der Waals surface area contributed by atoms with Crippen molar-refractivity contribution in [3.05, 3.63) is 0 Å². The third-order valence-electron chi connectivity index (χ3n) is 4.06. The maximum atomic E-state index is 11.1. The number of hydrogen-bond donors (Lipinski definition) is 2. The highest BCUT2D eigenvalue weighted by Crippen LogP contribution is 2.15. The number of nitrogens with one attached hydrogen (secondary N) is 1. The molecule has 0 aromatic rings. The molecule has 1 fully saturated rings. The van der Waals surface area contributed by atoms with E-state index in [1.165, 1.54) is 6.42 Å². The summed E-state index contributed by atoms with van der Waals surface area (Å²) in [6.45, 7) is 12.3. The molecule has 1 saturated heterocycles. The van der Waals surface area contributed by atoms with Crippen molar-refractivity contribution in [1.82, 2.24) is 15.1 Å². The smallest absolute Gasteiger partial charge is 0.320 e. The maximum Gasteiger partial charge on any atom is 0.320 e. The molecule has 2 atom stereocenters. The lowest BCUT2D eigenvalue weighted by molar-refractivity contribution is -0.139. The largest absolute Gasteiger partial charge is 0.480 e. The van der Waals surface area contributed by atoms with Crippen LogP contribution < -0.4 is 5.32 Å². The monoisotopic (exact) mass is 271 g/mol. The van der Waals surface area contributed by atoms with Crippen molar-refractivity contribution in [2.24, 2.45) is 0 Å². The van der Waals surface area contributed by atoms with Gasteiger partial charge in [-0.25, -0.2) is 0 Å². The van der Waals surface area contributed by atoms with Gasteiger partial charge in [0.05, 0.1) is 0 Å². The van der Waals surface area contributed by atoms with Gasteiger partial charge >= 0.3 is 5.97 Å². The molecule has 2 N–H and O–H groups in total. The summed E-state index contributed by atoms with van der Waals surface area (Å²) in [6.07, 6.45) is 1.90. The summed E-state index contributed by atoms with van der Waals surface area (Å²) in [4.78, 5) is 16.0. The van der Waals surface area contributed by atoms with E-state index in [1.807, 2.05) is 6.92 Å². The molecule has 0 saturated carbocycles. The number of nitrogens with zero attached hydrogens (tertiary/aromatic N) is 2. The minimum Gasteiger partial charge on any atom is -0.480 e. The van der Waals surface area contributed by atoms with E-state index in [0.717, 1.165) is 32.7 Å². The van der Waals surface area contributed by atoms with Crippen LogP contribution in [-0.2, 0) is 4.79 Å². The summed E-state index contributed by atoms with van der Waals surface area (Å²) >= 11 is 0. The van der Waals surface area contributed by atoms with E-state index in [4.69, 9.17) is 5.11 Å². The summed E-state index contributed by atoms with van der Waals surface area (Å²) in [6, 6.07) is 0.245. The number of aliphatic carboxylic acids is 1. The van der Waals surface area contributed by atoms with Crippen molar-refractivity contribution >= 4 is 5.97 Å². The van der Waals surface area contributed by atoms with Gasteiger partial charge in [-0.2, -0.15) is 0 Å². The van der Waals surface area contributed by atoms with Crippen molar-refractivity contribution in [2.45, 2.75) is 45.7 Å². The van der Waals surface area contributed by atoms with E-state index in [1.54, 1.807) is 0 Å². The summed E-state index contributed by atoms with van der Waals surface area (Å²) in [7, 11) is 0. The van der Waals surface area contributed by atoms with Gasteiger partial charge in [-0.1, -0.05) is 20.8 Å². The number of carboxylic acid groups (broad SMARTS) is 1. The maximum absolute atomic E-state index is 11.1. The van der Waals surface area contributed by atoms with E-state index in [0.29, 0.717) is 19.0 Å². The number of likely N-dealkylation sites (N-methyl/N-ethyl adjacent to an activating group) is 2. The zero-order valence-electron chi connectivity index (χ0n) is 12.6. The second-order valence-electron chi connectivity index (χ2n) is 5.20. The Hall–Kier alpha value is -0.650. The molecule has 1 rings (SSSR count). The van der Waals surface area contributed by atoms with Gasteiger partial charge in [0, 0.05) is 19.1 Å². The molecule has 0 aliphatic carbocycles. The van der Waals surface area contributed by atoms with Gasteiger partial charge in [-0.05, 0) is 39.0 Å². The third kappa shape index (κ3) is 5.09. The van der Waals surface area contributed by atoms with E-state index in [9.17, 15) is 4.79 Å². The molecule has 5 nitrogen and oxygen atoms in total. The van der Waals surface area contributed by atoms with Crippen molar-refractivity contribution in [3.8, 4) is 0 Å². The first-order valence-electron chi connectivity index (χ1n) is 7.54. The van der Waals surface area contributed by atoms with Gasteiger partial charge in [-0.15, -0.1) is 0 Å². The Bertz CT molecular complexity index is 269. The van der Waals surface area contributed by atoms with Crippen LogP contribution in [-0.4, -0.2) is 72.2 Å². The van der Waals surface area contributed by atoms with Crippen LogP contribution in [0.1, 0.15) is 33.6 Å². The van der Waals surface area contributed by atoms with Crippen molar-refractivity contribution in [2.75, 3.05) is 39.3 Å². The summed E-state index contributed by atoms with van der Waals surface area (Å²) in [5, 5.41) is 12.1. The van der Waals surface area contributed by atoms with Crippen LogP contribution in [0.4, 0.5) is 0 Å². The minimum absolute atomic E-state index is 0.405. The van der Waals surface area contributed by atoms with Crippen molar-refractivity contribution in [3.63, 3.8) is 0 Å². The van der Waals surface area contributed by atoms with Gasteiger partial charge in [0.2, 0.25) is 0 Å². The lowest BCUT2D eigenvalue weighted by Crippen LogP contribution is -2.41. The number of carboxylic acids is 1. The molecule has 2 unspecified atom stereocenters. The van der Waals surface area contributed by atoms with E-state index in [-0.39, 0.29) is 0 Å². The minimum atomic E-state index is -0.735. The van der Waals surface area contributed by atoms with Crippen molar-refractivity contribution < 1.29 is 9.90 Å². The number of carbonyl (C=O) groups is 1. The zero-order valence-corrected chi connectivity index (χ0v) is 12.6. The van der Waals surface area contributed by atoms with Crippen LogP contribution in [0, 0.1) is 0 Å². The normalized spacial score (nSPS) is 22.0. The SMILES string of the molecule is CCNC(CCN1CCC(N(CC)CC)C1)C(=O)O. The standard InChI is InChI=1S/C14H29N3O2/c1-4-15-13(14(18)19)8-10-16-9-7-12(11-16)17(5-2)6-3/h12-13,15H,4-11H2,1-3H3,(H,18,19). The molecule has 0 bridgehead atoms. The lowest BCUT2D eigenvalue weighted by atomic mass is 10.2. The quantitative estimate of drug-likeness (QED) is 0.651. The van der Waals surface area contributed by atoms with Crippen LogP contribution in [0.2, 0.25) is 0 Å². The molecule has 0 aromatic carbocycles. The number of rotatable bonds is 9. The molecule has 112 valence electrons. The Balaban J connectivity index is 2.33. The average Bonchev–Trinajstić information content (AvgIpc) is 2.84. The van der Waals surface area contributed by atoms with Crippen LogP contribution in [0.3, 0.4) is 0 Å². The molecule has 0 aromatic heterocycles. The summed E-state index contributed by atoms with van der Waals surface area (Å²) in [5.74, 6) is -0.735. The van der Waals surface area contributed by atoms with E-state index < -0.39 is 12.0 Å². The lowest BCUT2D eigenvalue weighted by Gasteiger charge is -2.26. The fourth-order valence-electron chi connectivity index (χ4n) is 2.92. The second kappa shape index (κ2) is 8.51. The molecule has 1 aliphatic heterocycles.